The minimum absolute atomic E-state index is 0.0341. The fraction of sp³-hybridized carbons (Fsp3) is 0.607. The van der Waals surface area contributed by atoms with Crippen molar-refractivity contribution in [2.75, 3.05) is 19.6 Å². The standard InChI is InChI=1S/C26H40N6O4.C2HF3O2/c27-26(28)32-13-11-20(12-14-32)30-25(36)22(16-19-9-5-2-6-10-19)31-24(35)21(29-17-23(33)34)15-18-7-3-1-4-8-18;3-2(4,5)1(6)7/h2,5-6,9-10,18,20-22,29H,1,3-4,7-8,11-17H2,(H3,27,28)(H,30,36)(H,31,35)(H,33,34);(H,6,7)/t21?,22-;/m1./s1. The number of guanidine groups is 1. The molecule has 0 radical (unpaired) electrons. The van der Waals surface area contributed by atoms with Gasteiger partial charge in [-0.2, -0.15) is 13.2 Å². The molecule has 43 heavy (non-hydrogen) atoms. The van der Waals surface area contributed by atoms with Gasteiger partial charge in [0.1, 0.15) is 6.04 Å². The summed E-state index contributed by atoms with van der Waals surface area (Å²) >= 11 is 0. The van der Waals surface area contributed by atoms with Crippen molar-refractivity contribution in [1.29, 1.82) is 5.41 Å². The van der Waals surface area contributed by atoms with Crippen molar-refractivity contribution in [3.63, 3.8) is 0 Å². The maximum atomic E-state index is 13.4. The van der Waals surface area contributed by atoms with Crippen LogP contribution in [0.4, 0.5) is 13.2 Å². The fourth-order valence-corrected chi connectivity index (χ4v) is 5.15. The number of hydrogen-bond acceptors (Lipinski definition) is 6. The second-order valence-electron chi connectivity index (χ2n) is 10.8. The van der Waals surface area contributed by atoms with Crippen LogP contribution in [-0.4, -0.2) is 88.8 Å². The van der Waals surface area contributed by atoms with Gasteiger partial charge >= 0.3 is 18.1 Å². The molecule has 1 saturated heterocycles. The number of nitrogens with one attached hydrogen (secondary N) is 4. The summed E-state index contributed by atoms with van der Waals surface area (Å²) in [6.07, 6.45) is 2.65. The van der Waals surface area contributed by atoms with E-state index in [1.54, 1.807) is 4.90 Å². The first-order chi connectivity index (χ1) is 20.3. The monoisotopic (exact) mass is 614 g/mol. The summed E-state index contributed by atoms with van der Waals surface area (Å²) in [4.78, 5) is 48.5. The third-order valence-electron chi connectivity index (χ3n) is 7.45. The Bertz CT molecular complexity index is 1080. The van der Waals surface area contributed by atoms with Crippen LogP contribution < -0.4 is 21.7 Å². The van der Waals surface area contributed by atoms with Crippen LogP contribution in [0.2, 0.25) is 0 Å². The number of alkyl halides is 3. The van der Waals surface area contributed by atoms with Gasteiger partial charge in [-0.15, -0.1) is 0 Å². The van der Waals surface area contributed by atoms with E-state index in [4.69, 9.17) is 26.2 Å². The Morgan fingerprint density at radius 1 is 0.953 bits per heavy atom. The number of nitrogens with zero attached hydrogens (tertiary/aromatic N) is 1. The number of carbonyl (C=O) groups excluding carboxylic acids is 2. The number of nitrogens with two attached hydrogens (primary N) is 1. The molecule has 2 amide bonds. The molecule has 1 aromatic rings. The summed E-state index contributed by atoms with van der Waals surface area (Å²) < 4.78 is 31.7. The topological polar surface area (TPSA) is 198 Å². The Hall–Kier alpha value is -3.88. The fourth-order valence-electron chi connectivity index (χ4n) is 5.15. The number of carboxylic acids is 2. The lowest BCUT2D eigenvalue weighted by molar-refractivity contribution is -0.192. The summed E-state index contributed by atoms with van der Waals surface area (Å²) in [6, 6.07) is 8.00. The number of piperidine rings is 1. The molecule has 8 N–H and O–H groups in total. The van der Waals surface area contributed by atoms with Gasteiger partial charge in [-0.3, -0.25) is 25.1 Å². The van der Waals surface area contributed by atoms with E-state index in [2.05, 4.69) is 16.0 Å². The van der Waals surface area contributed by atoms with Crippen LogP contribution in [0.25, 0.3) is 0 Å². The number of halogens is 3. The molecule has 1 heterocycles. The van der Waals surface area contributed by atoms with Crippen molar-refractivity contribution >= 4 is 29.7 Å². The van der Waals surface area contributed by atoms with Gasteiger partial charge in [0, 0.05) is 25.6 Å². The van der Waals surface area contributed by atoms with Crippen LogP contribution in [0.5, 0.6) is 0 Å². The highest BCUT2D eigenvalue weighted by atomic mass is 19.4. The van der Waals surface area contributed by atoms with Gasteiger partial charge in [-0.1, -0.05) is 62.4 Å². The molecule has 0 aromatic heterocycles. The smallest absolute Gasteiger partial charge is 0.480 e. The number of rotatable bonds is 11. The van der Waals surface area contributed by atoms with Gasteiger partial charge < -0.3 is 31.5 Å². The highest BCUT2D eigenvalue weighted by molar-refractivity contribution is 5.90. The molecular weight excluding hydrogens is 573 g/mol. The first-order valence-corrected chi connectivity index (χ1v) is 14.2. The third-order valence-corrected chi connectivity index (χ3v) is 7.45. The number of aliphatic carboxylic acids is 2. The molecule has 1 saturated carbocycles. The van der Waals surface area contributed by atoms with Crippen LogP contribution in [0.15, 0.2) is 30.3 Å². The zero-order valence-corrected chi connectivity index (χ0v) is 23.9. The van der Waals surface area contributed by atoms with Crippen LogP contribution in [0, 0.1) is 11.3 Å². The average Bonchev–Trinajstić information content (AvgIpc) is 2.96. The zero-order valence-electron chi connectivity index (χ0n) is 23.9. The van der Waals surface area contributed by atoms with E-state index in [-0.39, 0.29) is 30.4 Å². The summed E-state index contributed by atoms with van der Waals surface area (Å²) in [6.45, 7) is 0.881. The molecule has 0 spiro atoms. The van der Waals surface area contributed by atoms with Crippen molar-refractivity contribution in [2.24, 2.45) is 11.7 Å². The molecular formula is C28H41F3N6O6. The predicted molar refractivity (Wildman–Crippen MR) is 151 cm³/mol. The van der Waals surface area contributed by atoms with Crippen molar-refractivity contribution in [1.82, 2.24) is 20.9 Å². The van der Waals surface area contributed by atoms with Gasteiger partial charge in [0.25, 0.3) is 0 Å². The van der Waals surface area contributed by atoms with Crippen molar-refractivity contribution in [3.8, 4) is 0 Å². The Labute approximate surface area is 248 Å². The molecule has 12 nitrogen and oxygen atoms in total. The zero-order chi connectivity index (χ0) is 32.0. The van der Waals surface area contributed by atoms with Gasteiger partial charge in [-0.25, -0.2) is 4.79 Å². The molecule has 2 fully saturated rings. The highest BCUT2D eigenvalue weighted by Gasteiger charge is 2.38. The Balaban J connectivity index is 0.000000821. The van der Waals surface area contributed by atoms with E-state index in [0.29, 0.717) is 44.7 Å². The molecule has 2 aliphatic rings. The number of amides is 2. The second kappa shape index (κ2) is 17.3. The molecule has 1 aromatic carbocycles. The molecule has 3 rings (SSSR count). The highest BCUT2D eigenvalue weighted by Crippen LogP contribution is 2.27. The summed E-state index contributed by atoms with van der Waals surface area (Å²) in [5, 5.41) is 32.8. The number of carboxylic acid groups (broad SMARTS) is 2. The molecule has 1 unspecified atom stereocenters. The summed E-state index contributed by atoms with van der Waals surface area (Å²) in [5.74, 6) is -3.98. The van der Waals surface area contributed by atoms with Gasteiger partial charge in [0.15, 0.2) is 5.96 Å². The summed E-state index contributed by atoms with van der Waals surface area (Å²) in [7, 11) is 0. The number of hydrogen-bond donors (Lipinski definition) is 7. The number of benzene rings is 1. The number of carbonyl (C=O) groups is 4. The van der Waals surface area contributed by atoms with E-state index < -0.39 is 30.2 Å². The van der Waals surface area contributed by atoms with Crippen molar-refractivity contribution < 1.29 is 42.6 Å². The van der Waals surface area contributed by atoms with Gasteiger partial charge in [0.2, 0.25) is 11.8 Å². The minimum Gasteiger partial charge on any atom is -0.480 e. The average molecular weight is 615 g/mol. The van der Waals surface area contributed by atoms with E-state index in [9.17, 15) is 27.6 Å². The van der Waals surface area contributed by atoms with Crippen LogP contribution in [0.3, 0.4) is 0 Å². The van der Waals surface area contributed by atoms with Crippen molar-refractivity contribution in [3.05, 3.63) is 35.9 Å². The lowest BCUT2D eigenvalue weighted by atomic mass is 9.84. The molecule has 1 aliphatic carbocycles. The second-order valence-corrected chi connectivity index (χ2v) is 10.8. The van der Waals surface area contributed by atoms with E-state index in [1.165, 1.54) is 6.42 Å². The maximum Gasteiger partial charge on any atom is 0.490 e. The first-order valence-electron chi connectivity index (χ1n) is 14.2. The van der Waals surface area contributed by atoms with Crippen LogP contribution in [0.1, 0.15) is 56.9 Å². The minimum atomic E-state index is -5.08. The van der Waals surface area contributed by atoms with Gasteiger partial charge in [0.05, 0.1) is 12.6 Å². The molecule has 2 atom stereocenters. The Kier molecular flexibility index (Phi) is 14.2. The number of likely N-dealkylation sites (tertiary alicyclic amines) is 1. The lowest BCUT2D eigenvalue weighted by Crippen LogP contribution is -2.57. The quantitative estimate of drug-likeness (QED) is 0.144. The lowest BCUT2D eigenvalue weighted by Gasteiger charge is -2.33. The normalized spacial score (nSPS) is 17.5. The molecule has 240 valence electrons. The third kappa shape index (κ3) is 13.3. The largest absolute Gasteiger partial charge is 0.490 e. The van der Waals surface area contributed by atoms with E-state index in [1.807, 2.05) is 30.3 Å². The maximum absolute atomic E-state index is 13.4. The summed E-state index contributed by atoms with van der Waals surface area (Å²) in [5.41, 5.74) is 6.50. The van der Waals surface area contributed by atoms with E-state index in [0.717, 1.165) is 31.2 Å². The molecule has 15 heteroatoms. The van der Waals surface area contributed by atoms with Crippen LogP contribution in [-0.2, 0) is 25.6 Å². The van der Waals surface area contributed by atoms with Crippen LogP contribution >= 0.6 is 0 Å². The van der Waals surface area contributed by atoms with Crippen molar-refractivity contribution in [2.45, 2.75) is 82.1 Å². The van der Waals surface area contributed by atoms with E-state index >= 15 is 0 Å². The Morgan fingerprint density at radius 3 is 2.05 bits per heavy atom. The first kappa shape index (κ1) is 35.3. The molecule has 1 aliphatic heterocycles. The SMILES string of the molecule is N=C(N)N1CCC(NC(=O)[C@@H](Cc2ccccc2)NC(=O)C(CC2CCCCC2)NCC(=O)O)CC1.O=C(O)C(F)(F)F. The predicted octanol–water partition coefficient (Wildman–Crippen LogP) is 1.83. The Morgan fingerprint density at radius 2 is 1.53 bits per heavy atom. The molecule has 0 bridgehead atoms. The van der Waals surface area contributed by atoms with Gasteiger partial charge in [-0.05, 0) is 30.7 Å².